The highest BCUT2D eigenvalue weighted by Gasteiger charge is 2.17. The molecular formula is C21H16Cl2N2O3. The molecule has 3 aromatic rings. The first kappa shape index (κ1) is 19.9. The van der Waals surface area contributed by atoms with Crippen molar-refractivity contribution >= 4 is 40.6 Å². The van der Waals surface area contributed by atoms with Crippen LogP contribution >= 0.6 is 23.2 Å². The minimum Gasteiger partial charge on any atom is -0.479 e. The molecule has 0 bridgehead atoms. The Morgan fingerprint density at radius 1 is 0.964 bits per heavy atom. The van der Waals surface area contributed by atoms with E-state index >= 15 is 0 Å². The van der Waals surface area contributed by atoms with Crippen LogP contribution in [0.4, 0.5) is 5.69 Å². The lowest BCUT2D eigenvalue weighted by atomic mass is 10.0. The number of amides is 1. The fraction of sp³-hybridized carbons (Fsp3) is 0.0952. The number of aromatic nitrogens is 1. The van der Waals surface area contributed by atoms with E-state index in [1.165, 1.54) is 0 Å². The predicted octanol–water partition coefficient (Wildman–Crippen LogP) is 5.03. The molecular weight excluding hydrogens is 399 g/mol. The fourth-order valence-electron chi connectivity index (χ4n) is 2.43. The number of ketones is 1. The largest absolute Gasteiger partial charge is 0.479 e. The van der Waals surface area contributed by atoms with Gasteiger partial charge in [0.25, 0.3) is 5.91 Å². The van der Waals surface area contributed by atoms with Gasteiger partial charge in [-0.1, -0.05) is 23.2 Å². The van der Waals surface area contributed by atoms with Crippen LogP contribution in [0.1, 0.15) is 22.8 Å². The number of hydrogen-bond donors (Lipinski definition) is 1. The molecule has 1 amide bonds. The second-order valence-corrected chi connectivity index (χ2v) is 6.81. The second-order valence-electron chi connectivity index (χ2n) is 5.97. The van der Waals surface area contributed by atoms with Crippen LogP contribution in [-0.2, 0) is 4.79 Å². The first-order valence-electron chi connectivity index (χ1n) is 8.41. The van der Waals surface area contributed by atoms with Crippen molar-refractivity contribution in [2.24, 2.45) is 0 Å². The predicted molar refractivity (Wildman–Crippen MR) is 109 cm³/mol. The number of hydrogen-bond acceptors (Lipinski definition) is 4. The molecule has 0 saturated heterocycles. The maximum absolute atomic E-state index is 12.4. The maximum atomic E-state index is 12.4. The Morgan fingerprint density at radius 2 is 1.61 bits per heavy atom. The molecule has 1 atom stereocenters. The molecule has 1 N–H and O–H groups in total. The highest BCUT2D eigenvalue weighted by molar-refractivity contribution is 6.35. The van der Waals surface area contributed by atoms with E-state index in [2.05, 4.69) is 10.3 Å². The number of rotatable bonds is 6. The molecule has 0 radical (unpaired) electrons. The summed E-state index contributed by atoms with van der Waals surface area (Å²) >= 11 is 11.9. The van der Waals surface area contributed by atoms with E-state index in [4.69, 9.17) is 27.9 Å². The average Bonchev–Trinajstić information content (AvgIpc) is 2.70. The molecule has 0 fully saturated rings. The Hall–Kier alpha value is -2.89. The standard InChI is InChI=1S/C21H16Cl2N2O3/c1-13(28-19-7-4-16(22)12-18(19)23)21(27)25-17-5-2-14(3-6-17)20(26)15-8-10-24-11-9-15/h2-13H,1H3,(H,25,27)/t13-/m1/s1. The number of halogens is 2. The zero-order valence-electron chi connectivity index (χ0n) is 14.9. The molecule has 0 unspecified atom stereocenters. The van der Waals surface area contributed by atoms with Gasteiger partial charge < -0.3 is 10.1 Å². The van der Waals surface area contributed by atoms with Crippen molar-refractivity contribution in [3.05, 3.63) is 88.2 Å². The topological polar surface area (TPSA) is 68.3 Å². The van der Waals surface area contributed by atoms with Gasteiger partial charge in [0, 0.05) is 34.2 Å². The summed E-state index contributed by atoms with van der Waals surface area (Å²) in [5, 5.41) is 3.55. The van der Waals surface area contributed by atoms with Crippen LogP contribution in [0.15, 0.2) is 67.0 Å². The van der Waals surface area contributed by atoms with Crippen molar-refractivity contribution in [3.8, 4) is 5.75 Å². The van der Waals surface area contributed by atoms with E-state index < -0.39 is 6.10 Å². The molecule has 2 aromatic carbocycles. The highest BCUT2D eigenvalue weighted by atomic mass is 35.5. The Bertz CT molecular complexity index is 992. The number of carbonyl (C=O) groups is 2. The van der Waals surface area contributed by atoms with Crippen LogP contribution in [0.5, 0.6) is 5.75 Å². The molecule has 28 heavy (non-hydrogen) atoms. The van der Waals surface area contributed by atoms with Gasteiger partial charge in [-0.2, -0.15) is 0 Å². The number of nitrogens with one attached hydrogen (secondary N) is 1. The van der Waals surface area contributed by atoms with Crippen LogP contribution in [0.3, 0.4) is 0 Å². The van der Waals surface area contributed by atoms with Crippen LogP contribution in [0.2, 0.25) is 10.0 Å². The Balaban J connectivity index is 1.63. The quantitative estimate of drug-likeness (QED) is 0.574. The Labute approximate surface area is 172 Å². The van der Waals surface area contributed by atoms with E-state index in [1.807, 2.05) is 0 Å². The van der Waals surface area contributed by atoms with Crippen molar-refractivity contribution in [2.75, 3.05) is 5.32 Å². The van der Waals surface area contributed by atoms with E-state index in [0.29, 0.717) is 32.6 Å². The minimum atomic E-state index is -0.781. The summed E-state index contributed by atoms with van der Waals surface area (Å²) < 4.78 is 5.59. The van der Waals surface area contributed by atoms with E-state index in [9.17, 15) is 9.59 Å². The number of carbonyl (C=O) groups excluding carboxylic acids is 2. The Morgan fingerprint density at radius 3 is 2.25 bits per heavy atom. The van der Waals surface area contributed by atoms with E-state index in [-0.39, 0.29) is 11.7 Å². The third-order valence-electron chi connectivity index (χ3n) is 3.92. The van der Waals surface area contributed by atoms with E-state index in [0.717, 1.165) is 0 Å². The molecule has 5 nitrogen and oxygen atoms in total. The average molecular weight is 415 g/mol. The van der Waals surface area contributed by atoms with Gasteiger partial charge in [0.1, 0.15) is 5.75 Å². The SMILES string of the molecule is C[C@@H](Oc1ccc(Cl)cc1Cl)C(=O)Nc1ccc(C(=O)c2ccncc2)cc1. The van der Waals surface area contributed by atoms with Gasteiger partial charge in [0.05, 0.1) is 5.02 Å². The highest BCUT2D eigenvalue weighted by Crippen LogP contribution is 2.28. The zero-order valence-corrected chi connectivity index (χ0v) is 16.4. The summed E-state index contributed by atoms with van der Waals surface area (Å²) in [5.41, 5.74) is 1.61. The summed E-state index contributed by atoms with van der Waals surface area (Å²) in [6.45, 7) is 1.61. The maximum Gasteiger partial charge on any atom is 0.265 e. The first-order valence-corrected chi connectivity index (χ1v) is 9.17. The van der Waals surface area contributed by atoms with Crippen LogP contribution in [-0.4, -0.2) is 22.8 Å². The summed E-state index contributed by atoms with van der Waals surface area (Å²) in [6.07, 6.45) is 2.35. The fourth-order valence-corrected chi connectivity index (χ4v) is 2.89. The van der Waals surface area contributed by atoms with Gasteiger partial charge in [-0.05, 0) is 61.5 Å². The summed E-state index contributed by atoms with van der Waals surface area (Å²) in [7, 11) is 0. The van der Waals surface area contributed by atoms with Crippen molar-refractivity contribution < 1.29 is 14.3 Å². The minimum absolute atomic E-state index is 0.116. The number of nitrogens with zero attached hydrogens (tertiary/aromatic N) is 1. The van der Waals surface area contributed by atoms with Gasteiger partial charge in [0.2, 0.25) is 0 Å². The van der Waals surface area contributed by atoms with Crippen molar-refractivity contribution in [2.45, 2.75) is 13.0 Å². The lowest BCUT2D eigenvalue weighted by Gasteiger charge is -2.16. The molecule has 0 aliphatic carbocycles. The van der Waals surface area contributed by atoms with Crippen LogP contribution < -0.4 is 10.1 Å². The molecule has 1 aromatic heterocycles. The van der Waals surface area contributed by atoms with Gasteiger partial charge in [-0.25, -0.2) is 0 Å². The van der Waals surface area contributed by atoms with Crippen molar-refractivity contribution in [1.29, 1.82) is 0 Å². The van der Waals surface area contributed by atoms with Gasteiger partial charge in [-0.3, -0.25) is 14.6 Å². The summed E-state index contributed by atoms with van der Waals surface area (Å²) in [5.74, 6) is -0.0967. The molecule has 3 rings (SSSR count). The number of anilines is 1. The Kier molecular flexibility index (Phi) is 6.29. The molecule has 142 valence electrons. The van der Waals surface area contributed by atoms with Crippen LogP contribution in [0, 0.1) is 0 Å². The smallest absolute Gasteiger partial charge is 0.265 e. The van der Waals surface area contributed by atoms with Gasteiger partial charge >= 0.3 is 0 Å². The lowest BCUT2D eigenvalue weighted by molar-refractivity contribution is -0.122. The second kappa shape index (κ2) is 8.87. The number of ether oxygens (including phenoxy) is 1. The third kappa shape index (κ3) is 4.88. The van der Waals surface area contributed by atoms with E-state index in [1.54, 1.807) is 73.9 Å². The molecule has 1 heterocycles. The first-order chi connectivity index (χ1) is 13.4. The van der Waals surface area contributed by atoms with Crippen molar-refractivity contribution in [3.63, 3.8) is 0 Å². The summed E-state index contributed by atoms with van der Waals surface area (Å²) in [4.78, 5) is 28.6. The van der Waals surface area contributed by atoms with Gasteiger partial charge in [-0.15, -0.1) is 0 Å². The van der Waals surface area contributed by atoms with Crippen LogP contribution in [0.25, 0.3) is 0 Å². The molecule has 7 heteroatoms. The lowest BCUT2D eigenvalue weighted by Crippen LogP contribution is -2.30. The monoisotopic (exact) mass is 414 g/mol. The molecule has 0 saturated carbocycles. The van der Waals surface area contributed by atoms with Gasteiger partial charge in [0.15, 0.2) is 11.9 Å². The van der Waals surface area contributed by atoms with Crippen molar-refractivity contribution in [1.82, 2.24) is 4.98 Å². The number of pyridine rings is 1. The molecule has 0 aliphatic heterocycles. The molecule has 0 spiro atoms. The molecule has 0 aliphatic rings. The zero-order chi connectivity index (χ0) is 20.1. The summed E-state index contributed by atoms with van der Waals surface area (Å²) in [6, 6.07) is 14.7. The third-order valence-corrected chi connectivity index (χ3v) is 4.45. The normalized spacial score (nSPS) is 11.5. The number of benzene rings is 2.